The number of carbonyl (C=O) groups excluding carboxylic acids is 2. The van der Waals surface area contributed by atoms with Crippen LogP contribution in [0.15, 0.2) is 6.33 Å². The van der Waals surface area contributed by atoms with Crippen molar-refractivity contribution in [1.82, 2.24) is 25.8 Å². The highest BCUT2D eigenvalue weighted by Gasteiger charge is 2.27. The first-order chi connectivity index (χ1) is 7.75. The second-order valence-corrected chi connectivity index (χ2v) is 4.26. The normalized spacial score (nSPS) is 19.5. The van der Waals surface area contributed by atoms with Crippen molar-refractivity contribution >= 4 is 22.9 Å². The molecule has 0 radical (unpaired) electrons. The van der Waals surface area contributed by atoms with Crippen LogP contribution in [0.1, 0.15) is 5.82 Å². The summed E-state index contributed by atoms with van der Waals surface area (Å²) >= 11 is 1.13. The molecule has 1 aliphatic rings. The smallest absolute Gasteiger partial charge is 0.279 e. The van der Waals surface area contributed by atoms with Crippen LogP contribution in [-0.4, -0.2) is 44.7 Å². The maximum absolute atomic E-state index is 11.5. The number of amides is 2. The number of nitrogens with one attached hydrogen (secondary N) is 3. The van der Waals surface area contributed by atoms with E-state index in [0.717, 1.165) is 17.6 Å². The average molecular weight is 241 g/mol. The summed E-state index contributed by atoms with van der Waals surface area (Å²) in [5, 5.41) is 11.6. The zero-order valence-corrected chi connectivity index (χ0v) is 9.21. The van der Waals surface area contributed by atoms with Crippen molar-refractivity contribution in [3.05, 3.63) is 12.2 Å². The van der Waals surface area contributed by atoms with Gasteiger partial charge in [0.05, 0.1) is 0 Å². The molecule has 3 N–H and O–H groups in total. The van der Waals surface area contributed by atoms with E-state index in [0.29, 0.717) is 18.7 Å². The molecule has 0 saturated carbocycles. The van der Waals surface area contributed by atoms with Crippen LogP contribution in [0.5, 0.6) is 0 Å². The quantitative estimate of drug-likeness (QED) is 0.646. The van der Waals surface area contributed by atoms with Crippen LogP contribution >= 0.6 is 11.8 Å². The fourth-order valence-corrected chi connectivity index (χ4v) is 2.08. The van der Waals surface area contributed by atoms with Crippen molar-refractivity contribution in [1.29, 1.82) is 0 Å². The molecule has 1 aromatic heterocycles. The Morgan fingerprint density at radius 2 is 2.56 bits per heavy atom. The zero-order chi connectivity index (χ0) is 11.4. The van der Waals surface area contributed by atoms with Gasteiger partial charge in [-0.15, -0.1) is 0 Å². The van der Waals surface area contributed by atoms with Gasteiger partial charge in [-0.1, -0.05) is 11.8 Å². The molecule has 1 atom stereocenters. The van der Waals surface area contributed by atoms with E-state index in [-0.39, 0.29) is 11.1 Å². The Morgan fingerprint density at radius 1 is 1.69 bits per heavy atom. The van der Waals surface area contributed by atoms with Crippen LogP contribution in [0.25, 0.3) is 0 Å². The Hall–Kier alpha value is -1.57. The summed E-state index contributed by atoms with van der Waals surface area (Å²) < 4.78 is 0. The minimum atomic E-state index is -0.410. The SMILES string of the molecule is O=C1NC(C(=O)NCCc2ncn[nH]2)CS1. The monoisotopic (exact) mass is 241 g/mol. The first-order valence-corrected chi connectivity index (χ1v) is 5.79. The Morgan fingerprint density at radius 3 is 3.19 bits per heavy atom. The summed E-state index contributed by atoms with van der Waals surface area (Å²) in [5.74, 6) is 1.07. The largest absolute Gasteiger partial charge is 0.354 e. The fourth-order valence-electron chi connectivity index (χ4n) is 1.30. The van der Waals surface area contributed by atoms with Crippen molar-refractivity contribution in [2.24, 2.45) is 0 Å². The van der Waals surface area contributed by atoms with Gasteiger partial charge in [0.2, 0.25) is 5.91 Å². The Labute approximate surface area is 95.8 Å². The molecular formula is C8H11N5O2S. The minimum absolute atomic E-state index is 0.143. The van der Waals surface area contributed by atoms with Crippen molar-refractivity contribution in [3.63, 3.8) is 0 Å². The van der Waals surface area contributed by atoms with E-state index in [1.54, 1.807) is 0 Å². The highest BCUT2D eigenvalue weighted by molar-refractivity contribution is 8.14. The van der Waals surface area contributed by atoms with Gasteiger partial charge in [-0.25, -0.2) is 4.98 Å². The lowest BCUT2D eigenvalue weighted by atomic mass is 10.3. The molecule has 0 bridgehead atoms. The molecule has 0 aliphatic carbocycles. The van der Waals surface area contributed by atoms with E-state index in [2.05, 4.69) is 25.8 Å². The Bertz CT molecular complexity index is 380. The summed E-state index contributed by atoms with van der Waals surface area (Å²) in [6, 6.07) is -0.410. The lowest BCUT2D eigenvalue weighted by Gasteiger charge is -2.09. The molecule has 7 nitrogen and oxygen atoms in total. The van der Waals surface area contributed by atoms with E-state index >= 15 is 0 Å². The number of H-pyrrole nitrogens is 1. The van der Waals surface area contributed by atoms with Crippen LogP contribution in [-0.2, 0) is 11.2 Å². The molecule has 2 rings (SSSR count). The predicted octanol–water partition coefficient (Wildman–Crippen LogP) is -0.712. The third kappa shape index (κ3) is 2.72. The molecule has 86 valence electrons. The number of carbonyl (C=O) groups is 2. The molecule has 1 aliphatic heterocycles. The first-order valence-electron chi connectivity index (χ1n) is 4.81. The average Bonchev–Trinajstić information content (AvgIpc) is 2.89. The molecule has 16 heavy (non-hydrogen) atoms. The molecule has 8 heteroatoms. The van der Waals surface area contributed by atoms with Crippen molar-refractivity contribution in [3.8, 4) is 0 Å². The molecule has 1 fully saturated rings. The molecule has 1 aromatic rings. The van der Waals surface area contributed by atoms with Crippen LogP contribution in [0.3, 0.4) is 0 Å². The van der Waals surface area contributed by atoms with Crippen LogP contribution in [0, 0.1) is 0 Å². The molecule has 1 unspecified atom stereocenters. The number of thioether (sulfide) groups is 1. The van der Waals surface area contributed by atoms with Crippen molar-refractivity contribution in [2.75, 3.05) is 12.3 Å². The van der Waals surface area contributed by atoms with Gasteiger partial charge in [-0.2, -0.15) is 5.10 Å². The van der Waals surface area contributed by atoms with Crippen LogP contribution in [0.2, 0.25) is 0 Å². The van der Waals surface area contributed by atoms with E-state index in [1.165, 1.54) is 6.33 Å². The van der Waals surface area contributed by atoms with Gasteiger partial charge in [0, 0.05) is 18.7 Å². The third-order valence-electron chi connectivity index (χ3n) is 2.12. The minimum Gasteiger partial charge on any atom is -0.354 e. The molecule has 0 aromatic carbocycles. The molecular weight excluding hydrogens is 230 g/mol. The number of hydrogen-bond donors (Lipinski definition) is 3. The number of aromatic nitrogens is 3. The van der Waals surface area contributed by atoms with Gasteiger partial charge in [-0.05, 0) is 0 Å². The van der Waals surface area contributed by atoms with E-state index < -0.39 is 6.04 Å². The van der Waals surface area contributed by atoms with Crippen LogP contribution in [0.4, 0.5) is 4.79 Å². The van der Waals surface area contributed by atoms with E-state index in [1.807, 2.05) is 0 Å². The number of aromatic amines is 1. The Balaban J connectivity index is 1.70. The number of rotatable bonds is 4. The zero-order valence-electron chi connectivity index (χ0n) is 8.40. The van der Waals surface area contributed by atoms with Gasteiger partial charge >= 0.3 is 0 Å². The lowest BCUT2D eigenvalue weighted by molar-refractivity contribution is -0.122. The third-order valence-corrected chi connectivity index (χ3v) is 3.00. The molecule has 2 amide bonds. The van der Waals surface area contributed by atoms with Gasteiger partial charge < -0.3 is 10.6 Å². The summed E-state index contributed by atoms with van der Waals surface area (Å²) in [6.07, 6.45) is 2.02. The predicted molar refractivity (Wildman–Crippen MR) is 57.9 cm³/mol. The summed E-state index contributed by atoms with van der Waals surface area (Å²) in [5.41, 5.74) is 0. The maximum atomic E-state index is 11.5. The van der Waals surface area contributed by atoms with Gasteiger partial charge in [0.1, 0.15) is 18.2 Å². The number of hydrogen-bond acceptors (Lipinski definition) is 5. The molecule has 2 heterocycles. The first kappa shape index (κ1) is 10.9. The van der Waals surface area contributed by atoms with Gasteiger partial charge in [0.25, 0.3) is 5.24 Å². The summed E-state index contributed by atoms with van der Waals surface area (Å²) in [4.78, 5) is 26.3. The maximum Gasteiger partial charge on any atom is 0.279 e. The second-order valence-electron chi connectivity index (χ2n) is 3.27. The van der Waals surface area contributed by atoms with Crippen molar-refractivity contribution < 1.29 is 9.59 Å². The standard InChI is InChI=1S/C8H11N5O2S/c14-7(5-3-16-8(15)12-5)9-2-1-6-10-4-11-13-6/h4-5H,1-3H2,(H,9,14)(H,12,15)(H,10,11,13). The second kappa shape index (κ2) is 4.97. The summed E-state index contributed by atoms with van der Waals surface area (Å²) in [6.45, 7) is 0.477. The number of nitrogens with zero attached hydrogens (tertiary/aromatic N) is 2. The van der Waals surface area contributed by atoms with E-state index in [4.69, 9.17) is 0 Å². The van der Waals surface area contributed by atoms with Crippen LogP contribution < -0.4 is 10.6 Å². The summed E-state index contributed by atoms with van der Waals surface area (Å²) in [7, 11) is 0. The topological polar surface area (TPSA) is 99.8 Å². The van der Waals surface area contributed by atoms with Crippen molar-refractivity contribution in [2.45, 2.75) is 12.5 Å². The molecule has 0 spiro atoms. The Kier molecular flexibility index (Phi) is 3.40. The van der Waals surface area contributed by atoms with Gasteiger partial charge in [-0.3, -0.25) is 14.7 Å². The van der Waals surface area contributed by atoms with Gasteiger partial charge in [0.15, 0.2) is 0 Å². The molecule has 1 saturated heterocycles. The highest BCUT2D eigenvalue weighted by atomic mass is 32.2. The van der Waals surface area contributed by atoms with E-state index in [9.17, 15) is 9.59 Å². The fraction of sp³-hybridized carbons (Fsp3) is 0.500. The highest BCUT2D eigenvalue weighted by Crippen LogP contribution is 2.12. The lowest BCUT2D eigenvalue weighted by Crippen LogP contribution is -2.43.